The average Bonchev–Trinajstić information content (AvgIpc) is 2.46. The van der Waals surface area contributed by atoms with Crippen LogP contribution in [0.15, 0.2) is 48.5 Å². The van der Waals surface area contributed by atoms with Gasteiger partial charge in [0.2, 0.25) is 0 Å². The van der Waals surface area contributed by atoms with Crippen LogP contribution in [0.2, 0.25) is 0 Å². The molecule has 0 aromatic heterocycles. The lowest BCUT2D eigenvalue weighted by molar-refractivity contribution is 0.216. The minimum absolute atomic E-state index is 0.483. The first-order valence-corrected chi connectivity index (χ1v) is 6.40. The van der Waals surface area contributed by atoms with Crippen LogP contribution in [0.5, 0.6) is 11.5 Å². The summed E-state index contributed by atoms with van der Waals surface area (Å²) in [6.07, 6.45) is 0. The Labute approximate surface area is 114 Å². The molecule has 0 unspecified atom stereocenters. The number of ether oxygens (including phenoxy) is 2. The lowest BCUT2D eigenvalue weighted by Crippen LogP contribution is -2.11. The van der Waals surface area contributed by atoms with Crippen LogP contribution in [-0.4, -0.2) is 13.2 Å². The normalized spacial score (nSPS) is 10.2. The van der Waals surface area contributed by atoms with Crippen molar-refractivity contribution in [1.82, 2.24) is 0 Å². The molecule has 2 aromatic carbocycles. The van der Waals surface area contributed by atoms with E-state index in [1.54, 1.807) is 0 Å². The molecule has 100 valence electrons. The van der Waals surface area contributed by atoms with E-state index in [4.69, 9.17) is 15.2 Å². The maximum atomic E-state index is 5.70. The molecule has 3 heteroatoms. The lowest BCUT2D eigenvalue weighted by Gasteiger charge is -2.12. The van der Waals surface area contributed by atoms with Gasteiger partial charge < -0.3 is 15.2 Å². The van der Waals surface area contributed by atoms with E-state index in [-0.39, 0.29) is 0 Å². The van der Waals surface area contributed by atoms with Gasteiger partial charge in [0, 0.05) is 12.1 Å². The average molecular weight is 257 g/mol. The number of rotatable bonds is 6. The van der Waals surface area contributed by atoms with E-state index >= 15 is 0 Å². The summed E-state index contributed by atoms with van der Waals surface area (Å²) < 4.78 is 11.3. The molecule has 0 fully saturated rings. The predicted octanol–water partition coefficient (Wildman–Crippen LogP) is 2.91. The van der Waals surface area contributed by atoms with Crippen LogP contribution in [0.1, 0.15) is 11.1 Å². The molecule has 0 heterocycles. The highest BCUT2D eigenvalue weighted by Gasteiger charge is 2.02. The van der Waals surface area contributed by atoms with E-state index in [1.807, 2.05) is 55.5 Å². The van der Waals surface area contributed by atoms with Gasteiger partial charge in [0.25, 0.3) is 0 Å². The van der Waals surface area contributed by atoms with Crippen molar-refractivity contribution in [1.29, 1.82) is 0 Å². The Bertz CT molecular complexity index is 511. The van der Waals surface area contributed by atoms with Gasteiger partial charge in [0.15, 0.2) is 0 Å². The Morgan fingerprint density at radius 1 is 0.947 bits per heavy atom. The first-order chi connectivity index (χ1) is 9.29. The summed E-state index contributed by atoms with van der Waals surface area (Å²) >= 11 is 0. The third-order valence-corrected chi connectivity index (χ3v) is 2.79. The van der Waals surface area contributed by atoms with Crippen molar-refractivity contribution in [3.63, 3.8) is 0 Å². The van der Waals surface area contributed by atoms with E-state index in [2.05, 4.69) is 0 Å². The molecule has 0 aliphatic carbocycles. The van der Waals surface area contributed by atoms with Crippen LogP contribution in [0.3, 0.4) is 0 Å². The second-order valence-electron chi connectivity index (χ2n) is 4.33. The van der Waals surface area contributed by atoms with Gasteiger partial charge in [-0.1, -0.05) is 35.9 Å². The fraction of sp³-hybridized carbons (Fsp3) is 0.250. The Balaban J connectivity index is 1.83. The quantitative estimate of drug-likeness (QED) is 0.809. The van der Waals surface area contributed by atoms with E-state index in [1.165, 1.54) is 5.56 Å². The Kier molecular flexibility index (Phi) is 4.81. The van der Waals surface area contributed by atoms with E-state index in [0.29, 0.717) is 19.8 Å². The monoisotopic (exact) mass is 257 g/mol. The zero-order chi connectivity index (χ0) is 13.5. The van der Waals surface area contributed by atoms with Crippen LogP contribution >= 0.6 is 0 Å². The van der Waals surface area contributed by atoms with Gasteiger partial charge in [0.1, 0.15) is 24.7 Å². The topological polar surface area (TPSA) is 44.5 Å². The fourth-order valence-electron chi connectivity index (χ4n) is 1.84. The summed E-state index contributed by atoms with van der Waals surface area (Å²) in [6.45, 7) is 3.55. The van der Waals surface area contributed by atoms with Gasteiger partial charge in [0.05, 0.1) is 0 Å². The molecule has 2 rings (SSSR count). The van der Waals surface area contributed by atoms with Gasteiger partial charge in [-0.15, -0.1) is 0 Å². The summed E-state index contributed by atoms with van der Waals surface area (Å²) in [5.74, 6) is 1.69. The maximum Gasteiger partial charge on any atom is 0.123 e. The van der Waals surface area contributed by atoms with Crippen LogP contribution in [0.25, 0.3) is 0 Å². The molecule has 0 bridgehead atoms. The molecule has 0 atom stereocenters. The number of benzene rings is 2. The first-order valence-electron chi connectivity index (χ1n) is 6.40. The number of hydrogen-bond acceptors (Lipinski definition) is 3. The van der Waals surface area contributed by atoms with Crippen molar-refractivity contribution in [3.8, 4) is 11.5 Å². The third kappa shape index (κ3) is 4.00. The largest absolute Gasteiger partial charge is 0.490 e. The number of para-hydroxylation sites is 1. The fourth-order valence-corrected chi connectivity index (χ4v) is 1.84. The second-order valence-corrected chi connectivity index (χ2v) is 4.33. The molecule has 2 N–H and O–H groups in total. The van der Waals surface area contributed by atoms with Gasteiger partial charge in [-0.25, -0.2) is 0 Å². The Hall–Kier alpha value is -2.00. The van der Waals surface area contributed by atoms with Crippen molar-refractivity contribution in [2.24, 2.45) is 5.73 Å². The molecule has 2 aromatic rings. The highest BCUT2D eigenvalue weighted by molar-refractivity contribution is 5.36. The molecule has 19 heavy (non-hydrogen) atoms. The standard InChI is InChI=1S/C16H19NO2/c1-13-7-8-16(14(11-13)12-17)19-10-9-18-15-5-3-2-4-6-15/h2-8,11H,9-10,12,17H2,1H3. The van der Waals surface area contributed by atoms with Crippen LogP contribution in [0.4, 0.5) is 0 Å². The van der Waals surface area contributed by atoms with Crippen molar-refractivity contribution in [3.05, 3.63) is 59.7 Å². The van der Waals surface area contributed by atoms with Gasteiger partial charge in [-0.05, 0) is 25.1 Å². The van der Waals surface area contributed by atoms with Crippen LogP contribution in [-0.2, 0) is 6.54 Å². The summed E-state index contributed by atoms with van der Waals surface area (Å²) in [5.41, 5.74) is 7.92. The Morgan fingerprint density at radius 3 is 2.42 bits per heavy atom. The molecule has 0 saturated heterocycles. The smallest absolute Gasteiger partial charge is 0.123 e. The highest BCUT2D eigenvalue weighted by Crippen LogP contribution is 2.19. The number of nitrogens with two attached hydrogens (primary N) is 1. The molecule has 0 spiro atoms. The molecule has 0 aliphatic rings. The predicted molar refractivity (Wildman–Crippen MR) is 76.5 cm³/mol. The molecule has 0 aliphatic heterocycles. The summed E-state index contributed by atoms with van der Waals surface area (Å²) in [4.78, 5) is 0. The molecule has 0 amide bonds. The van der Waals surface area contributed by atoms with Gasteiger partial charge in [-0.3, -0.25) is 0 Å². The second kappa shape index (κ2) is 6.81. The summed E-state index contributed by atoms with van der Waals surface area (Å²) in [7, 11) is 0. The van der Waals surface area contributed by atoms with Crippen molar-refractivity contribution < 1.29 is 9.47 Å². The lowest BCUT2D eigenvalue weighted by atomic mass is 10.1. The van der Waals surface area contributed by atoms with Crippen LogP contribution in [0, 0.1) is 6.92 Å². The van der Waals surface area contributed by atoms with E-state index in [9.17, 15) is 0 Å². The highest BCUT2D eigenvalue weighted by atomic mass is 16.5. The van der Waals surface area contributed by atoms with Gasteiger partial charge in [-0.2, -0.15) is 0 Å². The molecular weight excluding hydrogens is 238 g/mol. The van der Waals surface area contributed by atoms with Gasteiger partial charge >= 0.3 is 0 Å². The summed E-state index contributed by atoms with van der Waals surface area (Å²) in [6, 6.07) is 15.7. The SMILES string of the molecule is Cc1ccc(OCCOc2ccccc2)c(CN)c1. The van der Waals surface area contributed by atoms with E-state index < -0.39 is 0 Å². The van der Waals surface area contributed by atoms with Crippen molar-refractivity contribution in [2.45, 2.75) is 13.5 Å². The zero-order valence-corrected chi connectivity index (χ0v) is 11.1. The molecule has 0 radical (unpaired) electrons. The van der Waals surface area contributed by atoms with Crippen molar-refractivity contribution in [2.75, 3.05) is 13.2 Å². The zero-order valence-electron chi connectivity index (χ0n) is 11.1. The summed E-state index contributed by atoms with van der Waals surface area (Å²) in [5, 5.41) is 0. The minimum atomic E-state index is 0.483. The first kappa shape index (κ1) is 13.4. The van der Waals surface area contributed by atoms with E-state index in [0.717, 1.165) is 17.1 Å². The maximum absolute atomic E-state index is 5.70. The van der Waals surface area contributed by atoms with Crippen LogP contribution < -0.4 is 15.2 Å². The minimum Gasteiger partial charge on any atom is -0.490 e. The number of aryl methyl sites for hydroxylation is 1. The molecule has 3 nitrogen and oxygen atoms in total. The molecule has 0 saturated carbocycles. The number of hydrogen-bond donors (Lipinski definition) is 1. The van der Waals surface area contributed by atoms with Crippen molar-refractivity contribution >= 4 is 0 Å². The Morgan fingerprint density at radius 2 is 1.68 bits per heavy atom. The molecular formula is C16H19NO2. The third-order valence-electron chi connectivity index (χ3n) is 2.79.